The number of rotatable bonds is 0. The zero-order valence-corrected chi connectivity index (χ0v) is 9.51. The minimum Gasteiger partial charge on any atom is -0.490 e. The number of fused-ring (bicyclic) bond motifs is 1. The van der Waals surface area contributed by atoms with Crippen LogP contribution in [0.1, 0.15) is 5.56 Å². The maximum atomic E-state index is 6.05. The predicted molar refractivity (Wildman–Crippen MR) is 58.7 cm³/mol. The van der Waals surface area contributed by atoms with Crippen LogP contribution in [0.2, 0.25) is 15.1 Å². The third-order valence-corrected chi connectivity index (χ3v) is 3.15. The van der Waals surface area contributed by atoms with Crippen molar-refractivity contribution in [3.05, 3.63) is 26.7 Å². The monoisotopic (exact) mass is 251 g/mol. The van der Waals surface area contributed by atoms with E-state index in [1.807, 2.05) is 0 Å². The highest BCUT2D eigenvalue weighted by atomic mass is 35.5. The van der Waals surface area contributed by atoms with Crippen LogP contribution >= 0.6 is 34.8 Å². The van der Waals surface area contributed by atoms with Gasteiger partial charge in [0.1, 0.15) is 12.4 Å². The molecule has 1 aliphatic heterocycles. The van der Waals surface area contributed by atoms with Crippen molar-refractivity contribution in [1.82, 2.24) is 5.32 Å². The molecule has 0 bridgehead atoms. The molecule has 0 saturated carbocycles. The molecular formula is C9H8Cl3NO. The van der Waals surface area contributed by atoms with Crippen molar-refractivity contribution in [3.8, 4) is 5.75 Å². The fraction of sp³-hybridized carbons (Fsp3) is 0.333. The summed E-state index contributed by atoms with van der Waals surface area (Å²) < 4.78 is 5.48. The van der Waals surface area contributed by atoms with E-state index in [0.29, 0.717) is 34.0 Å². The normalized spacial score (nSPS) is 15.6. The van der Waals surface area contributed by atoms with Gasteiger partial charge >= 0.3 is 0 Å². The number of nitrogens with one attached hydrogen (secondary N) is 1. The van der Waals surface area contributed by atoms with Crippen LogP contribution in [0.15, 0.2) is 6.07 Å². The van der Waals surface area contributed by atoms with Crippen LogP contribution in [0.25, 0.3) is 0 Å². The Morgan fingerprint density at radius 3 is 2.79 bits per heavy atom. The molecule has 1 aliphatic rings. The Kier molecular flexibility index (Phi) is 3.07. The molecule has 0 aliphatic carbocycles. The van der Waals surface area contributed by atoms with Crippen molar-refractivity contribution in [2.45, 2.75) is 6.54 Å². The molecule has 5 heteroatoms. The van der Waals surface area contributed by atoms with Crippen molar-refractivity contribution >= 4 is 34.8 Å². The first-order chi connectivity index (χ1) is 6.70. The summed E-state index contributed by atoms with van der Waals surface area (Å²) in [5.41, 5.74) is 0.835. The topological polar surface area (TPSA) is 21.3 Å². The second kappa shape index (κ2) is 4.15. The van der Waals surface area contributed by atoms with Gasteiger partial charge in [-0.3, -0.25) is 0 Å². The van der Waals surface area contributed by atoms with E-state index >= 15 is 0 Å². The maximum absolute atomic E-state index is 6.05. The Morgan fingerprint density at radius 1 is 1.21 bits per heavy atom. The molecule has 76 valence electrons. The molecule has 0 amide bonds. The van der Waals surface area contributed by atoms with Crippen molar-refractivity contribution in [3.63, 3.8) is 0 Å². The van der Waals surface area contributed by atoms with E-state index in [-0.39, 0.29) is 0 Å². The van der Waals surface area contributed by atoms with E-state index < -0.39 is 0 Å². The highest BCUT2D eigenvalue weighted by Crippen LogP contribution is 2.39. The van der Waals surface area contributed by atoms with Gasteiger partial charge in [-0.2, -0.15) is 0 Å². The summed E-state index contributed by atoms with van der Waals surface area (Å²) in [6, 6.07) is 1.61. The average Bonchev–Trinajstić information content (AvgIpc) is 2.39. The number of halogens is 3. The van der Waals surface area contributed by atoms with Crippen LogP contribution in [-0.4, -0.2) is 13.2 Å². The third-order valence-electron chi connectivity index (χ3n) is 2.05. The van der Waals surface area contributed by atoms with Crippen LogP contribution < -0.4 is 10.1 Å². The van der Waals surface area contributed by atoms with Gasteiger partial charge in [-0.1, -0.05) is 34.8 Å². The first-order valence-corrected chi connectivity index (χ1v) is 5.33. The molecule has 0 unspecified atom stereocenters. The van der Waals surface area contributed by atoms with Gasteiger partial charge in [-0.15, -0.1) is 0 Å². The van der Waals surface area contributed by atoms with E-state index in [9.17, 15) is 0 Å². The second-order valence-corrected chi connectivity index (χ2v) is 4.18. The Balaban J connectivity index is 2.57. The molecule has 0 aromatic heterocycles. The lowest BCUT2D eigenvalue weighted by Gasteiger charge is -2.11. The molecule has 0 atom stereocenters. The zero-order valence-electron chi connectivity index (χ0n) is 7.24. The van der Waals surface area contributed by atoms with Gasteiger partial charge in [-0.25, -0.2) is 0 Å². The Hall–Kier alpha value is -0.150. The van der Waals surface area contributed by atoms with E-state index in [1.54, 1.807) is 6.07 Å². The maximum Gasteiger partial charge on any atom is 0.144 e. The first kappa shape index (κ1) is 10.4. The lowest BCUT2D eigenvalue weighted by molar-refractivity contribution is 0.326. The molecule has 2 rings (SSSR count). The fourth-order valence-electron chi connectivity index (χ4n) is 1.38. The van der Waals surface area contributed by atoms with Gasteiger partial charge in [0.15, 0.2) is 0 Å². The van der Waals surface area contributed by atoms with Gasteiger partial charge in [0.2, 0.25) is 0 Å². The fourth-order valence-corrected chi connectivity index (χ4v) is 2.14. The molecule has 1 heterocycles. The quantitative estimate of drug-likeness (QED) is 0.716. The molecule has 0 radical (unpaired) electrons. The SMILES string of the molecule is Clc1cc(Cl)c2c(c1Cl)CNCCO2. The van der Waals surface area contributed by atoms with Gasteiger partial charge in [0.05, 0.1) is 15.1 Å². The van der Waals surface area contributed by atoms with Crippen LogP contribution in [0.5, 0.6) is 5.75 Å². The summed E-state index contributed by atoms with van der Waals surface area (Å²) in [6.07, 6.45) is 0. The Morgan fingerprint density at radius 2 is 2.00 bits per heavy atom. The molecule has 1 aromatic rings. The summed E-state index contributed by atoms with van der Waals surface area (Å²) in [5, 5.41) is 4.66. The largest absolute Gasteiger partial charge is 0.490 e. The van der Waals surface area contributed by atoms with Gasteiger partial charge in [0, 0.05) is 18.7 Å². The molecule has 0 fully saturated rings. The van der Waals surface area contributed by atoms with E-state index in [4.69, 9.17) is 39.5 Å². The summed E-state index contributed by atoms with van der Waals surface area (Å²) >= 11 is 17.9. The van der Waals surface area contributed by atoms with Crippen molar-refractivity contribution in [2.75, 3.05) is 13.2 Å². The lowest BCUT2D eigenvalue weighted by Crippen LogP contribution is -2.16. The van der Waals surface area contributed by atoms with E-state index in [1.165, 1.54) is 0 Å². The first-order valence-electron chi connectivity index (χ1n) is 4.20. The lowest BCUT2D eigenvalue weighted by atomic mass is 10.2. The van der Waals surface area contributed by atoms with Crippen molar-refractivity contribution < 1.29 is 4.74 Å². The van der Waals surface area contributed by atoms with Crippen LogP contribution in [0, 0.1) is 0 Å². The molecule has 1 N–H and O–H groups in total. The smallest absolute Gasteiger partial charge is 0.144 e. The summed E-state index contributed by atoms with van der Waals surface area (Å²) in [6.45, 7) is 2.00. The van der Waals surface area contributed by atoms with Crippen molar-refractivity contribution in [1.29, 1.82) is 0 Å². The van der Waals surface area contributed by atoms with Crippen LogP contribution in [-0.2, 0) is 6.54 Å². The van der Waals surface area contributed by atoms with Gasteiger partial charge in [0.25, 0.3) is 0 Å². The molecule has 0 saturated heterocycles. The Bertz CT molecular complexity index is 368. The Labute approximate surface area is 97.1 Å². The number of hydrogen-bond acceptors (Lipinski definition) is 2. The molecule has 0 spiro atoms. The zero-order chi connectivity index (χ0) is 10.1. The highest BCUT2D eigenvalue weighted by Gasteiger charge is 2.18. The van der Waals surface area contributed by atoms with E-state index in [2.05, 4.69) is 5.32 Å². The number of hydrogen-bond donors (Lipinski definition) is 1. The summed E-state index contributed by atoms with van der Waals surface area (Å²) in [5.74, 6) is 0.645. The molecule has 14 heavy (non-hydrogen) atoms. The van der Waals surface area contributed by atoms with Crippen LogP contribution in [0.3, 0.4) is 0 Å². The van der Waals surface area contributed by atoms with Crippen molar-refractivity contribution in [2.24, 2.45) is 0 Å². The number of ether oxygens (including phenoxy) is 1. The van der Waals surface area contributed by atoms with Gasteiger partial charge < -0.3 is 10.1 Å². The van der Waals surface area contributed by atoms with E-state index in [0.717, 1.165) is 12.1 Å². The number of benzene rings is 1. The summed E-state index contributed by atoms with van der Waals surface area (Å²) in [4.78, 5) is 0. The minimum absolute atomic E-state index is 0.461. The summed E-state index contributed by atoms with van der Waals surface area (Å²) in [7, 11) is 0. The standard InChI is InChI=1S/C9H8Cl3NO/c10-6-3-7(11)9-5(8(6)12)4-13-1-2-14-9/h3,13H,1-2,4H2. The molecular weight excluding hydrogens is 244 g/mol. The highest BCUT2D eigenvalue weighted by molar-refractivity contribution is 6.44. The average molecular weight is 253 g/mol. The second-order valence-electron chi connectivity index (χ2n) is 2.99. The van der Waals surface area contributed by atoms with Gasteiger partial charge in [-0.05, 0) is 6.07 Å². The predicted octanol–water partition coefficient (Wildman–Crippen LogP) is 3.13. The molecule has 1 aromatic carbocycles. The minimum atomic E-state index is 0.461. The third kappa shape index (κ3) is 1.80. The van der Waals surface area contributed by atoms with Crippen LogP contribution in [0.4, 0.5) is 0 Å². The molecule has 2 nitrogen and oxygen atoms in total.